The van der Waals surface area contributed by atoms with E-state index in [4.69, 9.17) is 0 Å². The van der Waals surface area contributed by atoms with Gasteiger partial charge in [0.1, 0.15) is 11.6 Å². The Labute approximate surface area is 142 Å². The molecule has 0 aliphatic carbocycles. The number of hydrogen-bond acceptors (Lipinski definition) is 5. The average Bonchev–Trinajstić information content (AvgIpc) is 2.83. The number of aromatic nitrogens is 3. The first-order valence-electron chi connectivity index (χ1n) is 8.55. The smallest absolute Gasteiger partial charge is 0.146 e. The van der Waals surface area contributed by atoms with Gasteiger partial charge in [-0.2, -0.15) is 0 Å². The molecule has 0 amide bonds. The van der Waals surface area contributed by atoms with Crippen LogP contribution in [0.25, 0.3) is 0 Å². The summed E-state index contributed by atoms with van der Waals surface area (Å²) in [5.41, 5.74) is 1.59. The van der Waals surface area contributed by atoms with Gasteiger partial charge in [0, 0.05) is 19.8 Å². The van der Waals surface area contributed by atoms with Gasteiger partial charge in [0.05, 0.1) is 23.8 Å². The minimum atomic E-state index is -0.210. The molecule has 1 N–H and O–H groups in total. The lowest BCUT2D eigenvalue weighted by atomic mass is 9.95. The van der Waals surface area contributed by atoms with E-state index < -0.39 is 0 Å². The predicted octanol–water partition coefficient (Wildman–Crippen LogP) is 2.90. The van der Waals surface area contributed by atoms with Crippen LogP contribution in [0.1, 0.15) is 30.7 Å². The fourth-order valence-corrected chi connectivity index (χ4v) is 3.22. The number of nitrogens with one attached hydrogen (secondary N) is 1. The fourth-order valence-electron chi connectivity index (χ4n) is 3.22. The highest BCUT2D eigenvalue weighted by molar-refractivity contribution is 5.29. The molecule has 2 aromatic rings. The molecule has 1 fully saturated rings. The van der Waals surface area contributed by atoms with Crippen LogP contribution in [0, 0.1) is 11.7 Å². The molecule has 0 spiro atoms. The Hall–Kier alpha value is -2.08. The summed E-state index contributed by atoms with van der Waals surface area (Å²) in [6, 6.07) is 3.12. The lowest BCUT2D eigenvalue weighted by Crippen LogP contribution is -2.25. The van der Waals surface area contributed by atoms with Gasteiger partial charge in [-0.15, -0.1) is 0 Å². The molecule has 128 valence electrons. The minimum absolute atomic E-state index is 0.210. The summed E-state index contributed by atoms with van der Waals surface area (Å²) in [6.07, 6.45) is 9.66. The van der Waals surface area contributed by atoms with Gasteiger partial charge in [-0.25, -0.2) is 9.37 Å². The summed E-state index contributed by atoms with van der Waals surface area (Å²) < 4.78 is 13.8. The summed E-state index contributed by atoms with van der Waals surface area (Å²) in [7, 11) is 1.84. The van der Waals surface area contributed by atoms with Gasteiger partial charge in [0.15, 0.2) is 0 Å². The normalized spacial score (nSPS) is 19.0. The Kier molecular flexibility index (Phi) is 5.69. The molecule has 0 aromatic carbocycles. The number of halogens is 1. The van der Waals surface area contributed by atoms with Crippen LogP contribution in [0.2, 0.25) is 0 Å². The molecule has 0 bridgehead atoms. The van der Waals surface area contributed by atoms with Crippen molar-refractivity contribution in [2.45, 2.75) is 32.2 Å². The molecule has 3 heterocycles. The molecule has 1 saturated heterocycles. The zero-order valence-corrected chi connectivity index (χ0v) is 14.1. The van der Waals surface area contributed by atoms with Crippen LogP contribution in [0.3, 0.4) is 0 Å². The molecular weight excluding hydrogens is 305 g/mol. The van der Waals surface area contributed by atoms with Crippen LogP contribution in [-0.4, -0.2) is 40.0 Å². The van der Waals surface area contributed by atoms with E-state index in [1.807, 2.05) is 13.2 Å². The maximum absolute atomic E-state index is 13.8. The zero-order valence-electron chi connectivity index (χ0n) is 14.1. The van der Waals surface area contributed by atoms with E-state index >= 15 is 0 Å². The van der Waals surface area contributed by atoms with E-state index in [0.29, 0.717) is 18.2 Å². The van der Waals surface area contributed by atoms with E-state index in [-0.39, 0.29) is 5.82 Å². The SMILES string of the molecule is CNc1cnc(CC2CCCN(Cc3ncccc3F)CC2)cn1. The van der Waals surface area contributed by atoms with Crippen molar-refractivity contribution in [3.05, 3.63) is 47.9 Å². The molecule has 1 unspecified atom stereocenters. The Balaban J connectivity index is 1.53. The summed E-state index contributed by atoms with van der Waals surface area (Å²) >= 11 is 0. The van der Waals surface area contributed by atoms with Crippen molar-refractivity contribution in [3.63, 3.8) is 0 Å². The van der Waals surface area contributed by atoms with Gasteiger partial charge in [-0.05, 0) is 56.8 Å². The van der Waals surface area contributed by atoms with Crippen molar-refractivity contribution in [1.82, 2.24) is 19.9 Å². The number of hydrogen-bond donors (Lipinski definition) is 1. The van der Waals surface area contributed by atoms with Gasteiger partial charge in [-0.3, -0.25) is 14.9 Å². The van der Waals surface area contributed by atoms with E-state index in [2.05, 4.69) is 25.2 Å². The van der Waals surface area contributed by atoms with Crippen molar-refractivity contribution >= 4 is 5.82 Å². The molecule has 1 atom stereocenters. The van der Waals surface area contributed by atoms with E-state index in [0.717, 1.165) is 43.9 Å². The molecule has 0 saturated carbocycles. The summed E-state index contributed by atoms with van der Waals surface area (Å²) in [5, 5.41) is 2.98. The topological polar surface area (TPSA) is 53.9 Å². The van der Waals surface area contributed by atoms with Crippen molar-refractivity contribution in [2.75, 3.05) is 25.5 Å². The van der Waals surface area contributed by atoms with Crippen LogP contribution in [0.5, 0.6) is 0 Å². The van der Waals surface area contributed by atoms with E-state index in [9.17, 15) is 4.39 Å². The first kappa shape index (κ1) is 16.8. The molecule has 6 heteroatoms. The number of nitrogens with zero attached hydrogens (tertiary/aromatic N) is 4. The third-order valence-electron chi connectivity index (χ3n) is 4.61. The second kappa shape index (κ2) is 8.15. The number of rotatable bonds is 5. The summed E-state index contributed by atoms with van der Waals surface area (Å²) in [5.74, 6) is 1.19. The van der Waals surface area contributed by atoms with Gasteiger partial charge >= 0.3 is 0 Å². The predicted molar refractivity (Wildman–Crippen MR) is 92.1 cm³/mol. The standard InChI is InChI=1S/C18H24FN5/c1-20-18-12-22-15(11-23-18)10-14-4-3-8-24(9-6-14)13-17-16(19)5-2-7-21-17/h2,5,7,11-12,14H,3-4,6,8-10,13H2,1H3,(H,20,23). The van der Waals surface area contributed by atoms with Gasteiger partial charge < -0.3 is 5.32 Å². The molecule has 1 aliphatic rings. The van der Waals surface area contributed by atoms with E-state index in [1.165, 1.54) is 12.5 Å². The maximum Gasteiger partial charge on any atom is 0.146 e. The Morgan fingerprint density at radius 2 is 2.12 bits per heavy atom. The third-order valence-corrected chi connectivity index (χ3v) is 4.61. The molecule has 2 aromatic heterocycles. The van der Waals surface area contributed by atoms with Crippen molar-refractivity contribution < 1.29 is 4.39 Å². The van der Waals surface area contributed by atoms with Crippen LogP contribution < -0.4 is 5.32 Å². The highest BCUT2D eigenvalue weighted by Crippen LogP contribution is 2.22. The van der Waals surface area contributed by atoms with Crippen LogP contribution in [0.15, 0.2) is 30.7 Å². The molecule has 1 aliphatic heterocycles. The molecular formula is C18H24FN5. The molecule has 24 heavy (non-hydrogen) atoms. The van der Waals surface area contributed by atoms with Crippen LogP contribution in [0.4, 0.5) is 10.2 Å². The van der Waals surface area contributed by atoms with Gasteiger partial charge in [-0.1, -0.05) is 0 Å². The third kappa shape index (κ3) is 4.47. The summed E-state index contributed by atoms with van der Waals surface area (Å²) in [6.45, 7) is 2.57. The fraction of sp³-hybridized carbons (Fsp3) is 0.500. The Bertz CT molecular complexity index is 646. The lowest BCUT2D eigenvalue weighted by Gasteiger charge is -2.19. The summed E-state index contributed by atoms with van der Waals surface area (Å²) in [4.78, 5) is 15.3. The van der Waals surface area contributed by atoms with Gasteiger partial charge in [0.2, 0.25) is 0 Å². The first-order chi connectivity index (χ1) is 11.7. The molecule has 5 nitrogen and oxygen atoms in total. The Morgan fingerprint density at radius 1 is 1.21 bits per heavy atom. The van der Waals surface area contributed by atoms with Crippen molar-refractivity contribution in [2.24, 2.45) is 5.92 Å². The average molecular weight is 329 g/mol. The van der Waals surface area contributed by atoms with Crippen molar-refractivity contribution in [1.29, 1.82) is 0 Å². The monoisotopic (exact) mass is 329 g/mol. The number of anilines is 1. The molecule has 0 radical (unpaired) electrons. The second-order valence-electron chi connectivity index (χ2n) is 6.35. The largest absolute Gasteiger partial charge is 0.372 e. The van der Waals surface area contributed by atoms with Crippen molar-refractivity contribution in [3.8, 4) is 0 Å². The lowest BCUT2D eigenvalue weighted by molar-refractivity contribution is 0.265. The zero-order chi connectivity index (χ0) is 16.8. The first-order valence-corrected chi connectivity index (χ1v) is 8.55. The number of likely N-dealkylation sites (tertiary alicyclic amines) is 1. The van der Waals surface area contributed by atoms with E-state index in [1.54, 1.807) is 18.5 Å². The number of pyridine rings is 1. The Morgan fingerprint density at radius 3 is 2.88 bits per heavy atom. The minimum Gasteiger partial charge on any atom is -0.372 e. The highest BCUT2D eigenvalue weighted by atomic mass is 19.1. The maximum atomic E-state index is 13.8. The molecule has 3 rings (SSSR count). The second-order valence-corrected chi connectivity index (χ2v) is 6.35. The van der Waals surface area contributed by atoms with Crippen LogP contribution in [-0.2, 0) is 13.0 Å². The van der Waals surface area contributed by atoms with Crippen LogP contribution >= 0.6 is 0 Å². The quantitative estimate of drug-likeness (QED) is 0.914. The van der Waals surface area contributed by atoms with Gasteiger partial charge in [0.25, 0.3) is 0 Å². The highest BCUT2D eigenvalue weighted by Gasteiger charge is 2.19.